The molecule has 0 aliphatic carbocycles. The highest BCUT2D eigenvalue weighted by Crippen LogP contribution is 2.45. The summed E-state index contributed by atoms with van der Waals surface area (Å²) in [4.78, 5) is 24.1. The maximum absolute atomic E-state index is 12.5. The van der Waals surface area contributed by atoms with Crippen LogP contribution in [0.3, 0.4) is 0 Å². The third kappa shape index (κ3) is 3.76. The van der Waals surface area contributed by atoms with Gasteiger partial charge in [-0.3, -0.25) is 20.2 Å². The fraction of sp³-hybridized carbons (Fsp3) is 0.611. The number of esters is 1. The van der Waals surface area contributed by atoms with Gasteiger partial charge < -0.3 is 9.47 Å². The Morgan fingerprint density at radius 1 is 1.32 bits per heavy atom. The van der Waals surface area contributed by atoms with Gasteiger partial charge in [-0.1, -0.05) is 39.0 Å². The van der Waals surface area contributed by atoms with Crippen molar-refractivity contribution in [2.75, 3.05) is 13.7 Å². The number of carbonyl (C=O) groups is 1. The maximum Gasteiger partial charge on any atom is 0.323 e. The van der Waals surface area contributed by atoms with Crippen LogP contribution in [-0.2, 0) is 9.53 Å². The lowest BCUT2D eigenvalue weighted by Crippen LogP contribution is -2.45. The first kappa shape index (κ1) is 19.2. The molecule has 7 heteroatoms. The number of benzene rings is 1. The first-order valence-electron chi connectivity index (χ1n) is 8.41. The summed E-state index contributed by atoms with van der Waals surface area (Å²) in [6.45, 7) is 7.68. The van der Waals surface area contributed by atoms with Gasteiger partial charge in [-0.2, -0.15) is 0 Å². The minimum Gasteiger partial charge on any atom is -0.496 e. The molecule has 1 saturated heterocycles. The molecule has 0 radical (unpaired) electrons. The zero-order chi connectivity index (χ0) is 18.8. The van der Waals surface area contributed by atoms with Crippen molar-refractivity contribution in [1.29, 1.82) is 0 Å². The van der Waals surface area contributed by atoms with Crippen LogP contribution in [0.5, 0.6) is 5.75 Å². The number of hydrogen-bond donors (Lipinski definition) is 1. The summed E-state index contributed by atoms with van der Waals surface area (Å²) in [7, 11) is 1.53. The molecule has 0 spiro atoms. The SMILES string of the molecule is CCOC(=O)[C@@H]1N[C@H](c2ccccc2OC)[C@H]([N+](=O)[O-])[C@H]1C(C)(C)C. The predicted molar refractivity (Wildman–Crippen MR) is 93.0 cm³/mol. The van der Waals surface area contributed by atoms with Gasteiger partial charge in [0.05, 0.1) is 19.6 Å². The molecule has 0 aromatic heterocycles. The van der Waals surface area contributed by atoms with E-state index in [0.29, 0.717) is 11.3 Å². The van der Waals surface area contributed by atoms with Crippen LogP contribution in [-0.4, -0.2) is 36.7 Å². The summed E-state index contributed by atoms with van der Waals surface area (Å²) in [5.41, 5.74) is 0.214. The Hall–Kier alpha value is -2.15. The topological polar surface area (TPSA) is 90.7 Å². The first-order chi connectivity index (χ1) is 11.7. The third-order valence-electron chi connectivity index (χ3n) is 4.69. The summed E-state index contributed by atoms with van der Waals surface area (Å²) in [5, 5.41) is 15.1. The van der Waals surface area contributed by atoms with Gasteiger partial charge in [-0.05, 0) is 18.4 Å². The molecule has 1 aliphatic heterocycles. The van der Waals surface area contributed by atoms with Gasteiger partial charge in [0.2, 0.25) is 6.04 Å². The van der Waals surface area contributed by atoms with Crippen molar-refractivity contribution in [3.05, 3.63) is 39.9 Å². The molecule has 0 amide bonds. The highest BCUT2D eigenvalue weighted by Gasteiger charge is 2.58. The molecular formula is C18H26N2O5. The zero-order valence-corrected chi connectivity index (χ0v) is 15.3. The minimum absolute atomic E-state index is 0.232. The standard InChI is InChI=1S/C18H26N2O5/c1-6-25-17(21)15-13(18(2,3)4)16(20(22)23)14(19-15)11-9-7-8-10-12(11)24-5/h7-10,13-16,19H,6H2,1-5H3/t13-,14+,15+,16+/m0/s1. The van der Waals surface area contributed by atoms with Crippen LogP contribution in [0, 0.1) is 21.4 Å². The van der Waals surface area contributed by atoms with Crippen LogP contribution in [0.4, 0.5) is 0 Å². The van der Waals surface area contributed by atoms with Crippen LogP contribution in [0.25, 0.3) is 0 Å². The van der Waals surface area contributed by atoms with Crippen LogP contribution < -0.4 is 10.1 Å². The van der Waals surface area contributed by atoms with Gasteiger partial charge in [0.1, 0.15) is 17.8 Å². The minimum atomic E-state index is -0.967. The Morgan fingerprint density at radius 2 is 1.96 bits per heavy atom. The van der Waals surface area contributed by atoms with Gasteiger partial charge in [0.25, 0.3) is 0 Å². The van der Waals surface area contributed by atoms with Crippen molar-refractivity contribution in [2.24, 2.45) is 11.3 Å². The molecule has 1 aliphatic rings. The number of hydrogen-bond acceptors (Lipinski definition) is 6. The van der Waals surface area contributed by atoms with Gasteiger partial charge in [-0.25, -0.2) is 0 Å². The van der Waals surface area contributed by atoms with E-state index in [2.05, 4.69) is 5.32 Å². The van der Waals surface area contributed by atoms with E-state index in [9.17, 15) is 14.9 Å². The van der Waals surface area contributed by atoms with E-state index in [1.54, 1.807) is 25.1 Å². The molecule has 7 nitrogen and oxygen atoms in total. The molecule has 1 N–H and O–H groups in total. The van der Waals surface area contributed by atoms with Crippen LogP contribution >= 0.6 is 0 Å². The number of carbonyl (C=O) groups excluding carboxylic acids is 1. The van der Waals surface area contributed by atoms with Crippen molar-refractivity contribution in [3.8, 4) is 5.75 Å². The van der Waals surface area contributed by atoms with Gasteiger partial charge in [0.15, 0.2) is 0 Å². The van der Waals surface area contributed by atoms with Crippen molar-refractivity contribution < 1.29 is 19.2 Å². The average Bonchev–Trinajstić information content (AvgIpc) is 2.96. The van der Waals surface area contributed by atoms with E-state index in [0.717, 1.165) is 0 Å². The fourth-order valence-corrected chi connectivity index (χ4v) is 3.71. The van der Waals surface area contributed by atoms with Gasteiger partial charge in [0, 0.05) is 10.5 Å². The Kier molecular flexibility index (Phi) is 5.67. The number of nitro groups is 1. The lowest BCUT2D eigenvalue weighted by atomic mass is 9.73. The Labute approximate surface area is 147 Å². The molecule has 1 heterocycles. The molecule has 1 aromatic rings. The van der Waals surface area contributed by atoms with Crippen LogP contribution in [0.1, 0.15) is 39.3 Å². The van der Waals surface area contributed by atoms with Crippen molar-refractivity contribution in [3.63, 3.8) is 0 Å². The molecule has 0 bridgehead atoms. The molecule has 4 atom stereocenters. The Balaban J connectivity index is 2.53. The third-order valence-corrected chi connectivity index (χ3v) is 4.69. The van der Waals surface area contributed by atoms with Crippen LogP contribution in [0.15, 0.2) is 24.3 Å². The summed E-state index contributed by atoms with van der Waals surface area (Å²) in [6, 6.07) is 4.82. The molecule has 0 unspecified atom stereocenters. The molecule has 1 fully saturated rings. The molecule has 25 heavy (non-hydrogen) atoms. The van der Waals surface area contributed by atoms with E-state index in [4.69, 9.17) is 9.47 Å². The average molecular weight is 350 g/mol. The van der Waals surface area contributed by atoms with E-state index in [1.807, 2.05) is 26.8 Å². The highest BCUT2D eigenvalue weighted by atomic mass is 16.6. The lowest BCUT2D eigenvalue weighted by molar-refractivity contribution is -0.535. The quantitative estimate of drug-likeness (QED) is 0.499. The van der Waals surface area contributed by atoms with E-state index >= 15 is 0 Å². The monoisotopic (exact) mass is 350 g/mol. The van der Waals surface area contributed by atoms with E-state index < -0.39 is 35.4 Å². The second-order valence-electron chi connectivity index (χ2n) is 7.28. The zero-order valence-electron chi connectivity index (χ0n) is 15.3. The number of nitrogens with one attached hydrogen (secondary N) is 1. The number of rotatable bonds is 5. The highest BCUT2D eigenvalue weighted by molar-refractivity contribution is 5.77. The Bertz CT molecular complexity index is 641. The summed E-state index contributed by atoms with van der Waals surface area (Å²) < 4.78 is 10.5. The number of methoxy groups -OCH3 is 1. The molecule has 2 rings (SSSR count). The van der Waals surface area contributed by atoms with Crippen molar-refractivity contribution >= 4 is 5.97 Å². The number of para-hydroxylation sites is 1. The second-order valence-corrected chi connectivity index (χ2v) is 7.28. The Morgan fingerprint density at radius 3 is 2.48 bits per heavy atom. The fourth-order valence-electron chi connectivity index (χ4n) is 3.71. The maximum atomic E-state index is 12.5. The van der Waals surface area contributed by atoms with Crippen molar-refractivity contribution in [1.82, 2.24) is 5.32 Å². The van der Waals surface area contributed by atoms with Crippen LogP contribution in [0.2, 0.25) is 0 Å². The molecule has 1 aromatic carbocycles. The summed E-state index contributed by atoms with van der Waals surface area (Å²) in [5.74, 6) is -0.410. The van der Waals surface area contributed by atoms with E-state index in [1.165, 1.54) is 7.11 Å². The van der Waals surface area contributed by atoms with E-state index in [-0.39, 0.29) is 11.5 Å². The summed E-state index contributed by atoms with van der Waals surface area (Å²) in [6.07, 6.45) is 0. The van der Waals surface area contributed by atoms with Crippen molar-refractivity contribution in [2.45, 2.75) is 45.8 Å². The first-order valence-corrected chi connectivity index (χ1v) is 8.41. The molecule has 138 valence electrons. The number of nitrogens with zero attached hydrogens (tertiary/aromatic N) is 1. The van der Waals surface area contributed by atoms with Gasteiger partial charge in [-0.15, -0.1) is 0 Å². The molecule has 0 saturated carbocycles. The lowest BCUT2D eigenvalue weighted by Gasteiger charge is -2.31. The van der Waals surface area contributed by atoms with Gasteiger partial charge >= 0.3 is 5.97 Å². The molecular weight excluding hydrogens is 324 g/mol. The smallest absolute Gasteiger partial charge is 0.323 e. The normalized spacial score (nSPS) is 26.3. The number of ether oxygens (including phenoxy) is 2. The predicted octanol–water partition coefficient (Wildman–Crippen LogP) is 2.58. The second kappa shape index (κ2) is 7.39. The largest absolute Gasteiger partial charge is 0.496 e. The summed E-state index contributed by atoms with van der Waals surface area (Å²) >= 11 is 0.